The third-order valence-corrected chi connectivity index (χ3v) is 2.62. The Hall–Kier alpha value is -1.68. The Kier molecular flexibility index (Phi) is 4.27. The zero-order valence-electron chi connectivity index (χ0n) is 9.97. The predicted octanol–water partition coefficient (Wildman–Crippen LogP) is 1.83. The molecule has 4 nitrogen and oxygen atoms in total. The summed E-state index contributed by atoms with van der Waals surface area (Å²) in [6.45, 7) is 3.04. The van der Waals surface area contributed by atoms with E-state index in [1.165, 1.54) is 11.9 Å². The maximum Gasteiger partial charge on any atom is 0.227 e. The Morgan fingerprint density at radius 2 is 2.12 bits per heavy atom. The Morgan fingerprint density at radius 3 is 2.82 bits per heavy atom. The molecular weight excluding hydrogens is 214 g/mol. The fourth-order valence-electron chi connectivity index (χ4n) is 1.77. The molecule has 1 heterocycles. The molecule has 0 aliphatic carbocycles. The van der Waals surface area contributed by atoms with Crippen LogP contribution >= 0.6 is 0 Å². The van der Waals surface area contributed by atoms with Gasteiger partial charge < -0.3 is 9.84 Å². The normalized spacial score (nSPS) is 12.5. The quantitative estimate of drug-likeness (QED) is 0.824. The van der Waals surface area contributed by atoms with Crippen LogP contribution in [0.3, 0.4) is 0 Å². The fraction of sp³-hybridized carbons (Fsp3) is 0.385. The van der Waals surface area contributed by atoms with Gasteiger partial charge in [0.1, 0.15) is 0 Å². The SMILES string of the molecule is CC(Cc1ccccc1)NCCc1ncno1. The molecule has 0 bridgehead atoms. The van der Waals surface area contributed by atoms with E-state index >= 15 is 0 Å². The van der Waals surface area contributed by atoms with E-state index in [9.17, 15) is 0 Å². The van der Waals surface area contributed by atoms with E-state index in [-0.39, 0.29) is 0 Å². The molecule has 1 aromatic heterocycles. The Labute approximate surface area is 101 Å². The summed E-state index contributed by atoms with van der Waals surface area (Å²) in [6, 6.07) is 10.9. The molecule has 17 heavy (non-hydrogen) atoms. The molecule has 1 unspecified atom stereocenters. The van der Waals surface area contributed by atoms with Crippen LogP contribution in [0.15, 0.2) is 41.2 Å². The number of rotatable bonds is 6. The molecule has 1 N–H and O–H groups in total. The van der Waals surface area contributed by atoms with Crippen LogP contribution in [0.5, 0.6) is 0 Å². The van der Waals surface area contributed by atoms with Crippen LogP contribution in [-0.2, 0) is 12.8 Å². The molecule has 1 aromatic carbocycles. The zero-order valence-corrected chi connectivity index (χ0v) is 9.97. The van der Waals surface area contributed by atoms with Gasteiger partial charge in [-0.15, -0.1) is 0 Å². The fourth-order valence-corrected chi connectivity index (χ4v) is 1.77. The standard InChI is InChI=1S/C13H17N3O/c1-11(9-12-5-3-2-4-6-12)14-8-7-13-15-10-16-17-13/h2-6,10-11,14H,7-9H2,1H3. The molecule has 2 rings (SSSR count). The van der Waals surface area contributed by atoms with Gasteiger partial charge in [-0.3, -0.25) is 0 Å². The van der Waals surface area contributed by atoms with Gasteiger partial charge in [0, 0.05) is 19.0 Å². The molecule has 90 valence electrons. The van der Waals surface area contributed by atoms with E-state index < -0.39 is 0 Å². The maximum atomic E-state index is 4.93. The smallest absolute Gasteiger partial charge is 0.227 e. The van der Waals surface area contributed by atoms with Crippen molar-refractivity contribution >= 4 is 0 Å². The molecule has 4 heteroatoms. The van der Waals surface area contributed by atoms with Gasteiger partial charge in [0.25, 0.3) is 0 Å². The Bertz CT molecular complexity index is 413. The highest BCUT2D eigenvalue weighted by molar-refractivity contribution is 5.15. The minimum atomic E-state index is 0.445. The topological polar surface area (TPSA) is 51.0 Å². The number of nitrogens with one attached hydrogen (secondary N) is 1. The maximum absolute atomic E-state index is 4.93. The number of nitrogens with zero attached hydrogens (tertiary/aromatic N) is 2. The van der Waals surface area contributed by atoms with E-state index in [0.717, 1.165) is 19.4 Å². The van der Waals surface area contributed by atoms with Crippen molar-refractivity contribution in [1.29, 1.82) is 0 Å². The van der Waals surface area contributed by atoms with Gasteiger partial charge >= 0.3 is 0 Å². The van der Waals surface area contributed by atoms with Gasteiger partial charge in [-0.2, -0.15) is 4.98 Å². The number of hydrogen-bond acceptors (Lipinski definition) is 4. The second-order valence-electron chi connectivity index (χ2n) is 4.13. The first-order valence-corrected chi connectivity index (χ1v) is 5.87. The first kappa shape index (κ1) is 11.8. The summed E-state index contributed by atoms with van der Waals surface area (Å²) in [7, 11) is 0. The molecule has 0 saturated carbocycles. The summed E-state index contributed by atoms with van der Waals surface area (Å²) < 4.78 is 4.93. The molecule has 0 saturated heterocycles. The summed E-state index contributed by atoms with van der Waals surface area (Å²) >= 11 is 0. The summed E-state index contributed by atoms with van der Waals surface area (Å²) in [6.07, 6.45) is 3.24. The van der Waals surface area contributed by atoms with Crippen molar-refractivity contribution < 1.29 is 4.52 Å². The summed E-state index contributed by atoms with van der Waals surface area (Å²) in [5.41, 5.74) is 1.35. The van der Waals surface area contributed by atoms with E-state index in [1.54, 1.807) is 0 Å². The molecule has 0 aliphatic rings. The van der Waals surface area contributed by atoms with Gasteiger partial charge in [0.05, 0.1) is 0 Å². The van der Waals surface area contributed by atoms with Gasteiger partial charge in [0.15, 0.2) is 6.33 Å². The van der Waals surface area contributed by atoms with Gasteiger partial charge in [-0.05, 0) is 18.9 Å². The van der Waals surface area contributed by atoms with E-state index in [0.29, 0.717) is 11.9 Å². The number of benzene rings is 1. The highest BCUT2D eigenvalue weighted by atomic mass is 16.5. The van der Waals surface area contributed by atoms with Crippen LogP contribution in [0.25, 0.3) is 0 Å². The van der Waals surface area contributed by atoms with Crippen LogP contribution < -0.4 is 5.32 Å². The van der Waals surface area contributed by atoms with Crippen molar-refractivity contribution in [3.8, 4) is 0 Å². The van der Waals surface area contributed by atoms with Crippen molar-refractivity contribution in [2.75, 3.05) is 6.54 Å². The summed E-state index contributed by atoms with van der Waals surface area (Å²) in [5, 5.41) is 7.02. The molecule has 0 fully saturated rings. The molecule has 0 spiro atoms. The second-order valence-corrected chi connectivity index (χ2v) is 4.13. The zero-order chi connectivity index (χ0) is 11.9. The minimum absolute atomic E-state index is 0.445. The lowest BCUT2D eigenvalue weighted by Gasteiger charge is -2.12. The van der Waals surface area contributed by atoms with E-state index in [4.69, 9.17) is 4.52 Å². The number of hydrogen-bond donors (Lipinski definition) is 1. The van der Waals surface area contributed by atoms with E-state index in [1.807, 2.05) is 6.07 Å². The summed E-state index contributed by atoms with van der Waals surface area (Å²) in [5.74, 6) is 0.685. The first-order valence-electron chi connectivity index (χ1n) is 5.87. The summed E-state index contributed by atoms with van der Waals surface area (Å²) in [4.78, 5) is 3.98. The Morgan fingerprint density at radius 1 is 1.29 bits per heavy atom. The van der Waals surface area contributed by atoms with Crippen LogP contribution in [-0.4, -0.2) is 22.7 Å². The lowest BCUT2D eigenvalue weighted by atomic mass is 10.1. The third kappa shape index (κ3) is 4.00. The van der Waals surface area contributed by atoms with Crippen molar-refractivity contribution in [1.82, 2.24) is 15.5 Å². The predicted molar refractivity (Wildman–Crippen MR) is 65.6 cm³/mol. The monoisotopic (exact) mass is 231 g/mol. The third-order valence-electron chi connectivity index (χ3n) is 2.62. The molecule has 0 aliphatic heterocycles. The van der Waals surface area contributed by atoms with Crippen molar-refractivity contribution in [2.24, 2.45) is 0 Å². The average molecular weight is 231 g/mol. The molecule has 0 amide bonds. The average Bonchev–Trinajstić information content (AvgIpc) is 2.83. The van der Waals surface area contributed by atoms with Crippen molar-refractivity contribution in [3.05, 3.63) is 48.1 Å². The lowest BCUT2D eigenvalue weighted by molar-refractivity contribution is 0.372. The van der Waals surface area contributed by atoms with Crippen LogP contribution in [0, 0.1) is 0 Å². The molecule has 2 aromatic rings. The van der Waals surface area contributed by atoms with Crippen LogP contribution in [0.4, 0.5) is 0 Å². The highest BCUT2D eigenvalue weighted by Gasteiger charge is 2.04. The van der Waals surface area contributed by atoms with E-state index in [2.05, 4.69) is 46.6 Å². The van der Waals surface area contributed by atoms with Crippen LogP contribution in [0.2, 0.25) is 0 Å². The van der Waals surface area contributed by atoms with Gasteiger partial charge in [-0.1, -0.05) is 35.5 Å². The Balaban J connectivity index is 1.69. The molecular formula is C13H17N3O. The highest BCUT2D eigenvalue weighted by Crippen LogP contribution is 2.02. The van der Waals surface area contributed by atoms with Gasteiger partial charge in [0.2, 0.25) is 5.89 Å². The van der Waals surface area contributed by atoms with Gasteiger partial charge in [-0.25, -0.2) is 0 Å². The van der Waals surface area contributed by atoms with Crippen LogP contribution in [0.1, 0.15) is 18.4 Å². The largest absolute Gasteiger partial charge is 0.340 e. The van der Waals surface area contributed by atoms with Crippen molar-refractivity contribution in [3.63, 3.8) is 0 Å². The lowest BCUT2D eigenvalue weighted by Crippen LogP contribution is -2.30. The second kappa shape index (κ2) is 6.15. The molecule has 1 atom stereocenters. The van der Waals surface area contributed by atoms with Crippen molar-refractivity contribution in [2.45, 2.75) is 25.8 Å². The molecule has 0 radical (unpaired) electrons. The first-order chi connectivity index (χ1) is 8.34. The number of aromatic nitrogens is 2. The minimum Gasteiger partial charge on any atom is -0.340 e.